The predicted octanol–water partition coefficient (Wildman–Crippen LogP) is 6.79. The lowest BCUT2D eigenvalue weighted by Crippen LogP contribution is -2.52. The summed E-state index contributed by atoms with van der Waals surface area (Å²) in [6.45, 7) is 12.4. The van der Waals surface area contributed by atoms with Crippen molar-refractivity contribution in [3.05, 3.63) is 35.1 Å². The van der Waals surface area contributed by atoms with Crippen molar-refractivity contribution < 1.29 is 27.4 Å². The average molecular weight is 525 g/mol. The van der Waals surface area contributed by atoms with E-state index in [4.69, 9.17) is 9.47 Å². The monoisotopic (exact) mass is 524 g/mol. The number of carbonyl (C=O) groups is 1. The molecule has 36 heavy (non-hydrogen) atoms. The number of alkyl carbamates (subject to hydrolysis) is 1. The van der Waals surface area contributed by atoms with E-state index in [2.05, 4.69) is 20.3 Å². The normalized spacial score (nSPS) is 14.1. The first-order chi connectivity index (χ1) is 16.6. The lowest BCUT2D eigenvalue weighted by Gasteiger charge is -2.33. The van der Waals surface area contributed by atoms with Crippen molar-refractivity contribution in [3.63, 3.8) is 0 Å². The molecule has 0 spiro atoms. The maximum absolute atomic E-state index is 14.1. The van der Waals surface area contributed by atoms with Gasteiger partial charge in [-0.2, -0.15) is 13.2 Å². The molecule has 1 aromatic carbocycles. The average Bonchev–Trinajstić information content (AvgIpc) is 3.09. The zero-order valence-corrected chi connectivity index (χ0v) is 22.2. The molecular weight excluding hydrogens is 493 g/mol. The van der Waals surface area contributed by atoms with Crippen LogP contribution in [0.15, 0.2) is 24.5 Å². The molecule has 0 aliphatic heterocycles. The minimum atomic E-state index is -4.68. The van der Waals surface area contributed by atoms with Gasteiger partial charge in [-0.3, -0.25) is 0 Å². The molecule has 1 amide bonds. The molecule has 3 rings (SSSR count). The summed E-state index contributed by atoms with van der Waals surface area (Å²) in [7, 11) is 0. The number of carbonyl (C=O) groups excluding carboxylic acids is 1. The molecule has 0 fully saturated rings. The third-order valence-corrected chi connectivity index (χ3v) is 5.95. The van der Waals surface area contributed by atoms with Crippen LogP contribution in [0.4, 0.5) is 18.0 Å². The van der Waals surface area contributed by atoms with Gasteiger partial charge in [-0.15, -0.1) is 0 Å². The summed E-state index contributed by atoms with van der Waals surface area (Å²) >= 11 is 1.34. The second-order valence-electron chi connectivity index (χ2n) is 10.4. The van der Waals surface area contributed by atoms with Crippen LogP contribution in [0.1, 0.15) is 58.5 Å². The molecule has 2 aromatic heterocycles. The van der Waals surface area contributed by atoms with Crippen LogP contribution in [0.5, 0.6) is 5.75 Å². The molecule has 0 radical (unpaired) electrons. The molecule has 1 N–H and O–H groups in total. The van der Waals surface area contributed by atoms with Crippen LogP contribution >= 0.6 is 11.3 Å². The zero-order chi connectivity index (χ0) is 26.9. The van der Waals surface area contributed by atoms with Crippen LogP contribution in [-0.2, 0) is 10.9 Å². The lowest BCUT2D eigenvalue weighted by molar-refractivity contribution is -0.139. The summed E-state index contributed by atoms with van der Waals surface area (Å²) in [5.74, 6) is -0.202. The number of hydrogen-bond acceptors (Lipinski definition) is 7. The Hall–Kier alpha value is -2.95. The molecule has 3 aromatic rings. The number of halogens is 3. The largest absolute Gasteiger partial charge is 0.491 e. The van der Waals surface area contributed by atoms with Gasteiger partial charge in [-0.05, 0) is 65.2 Å². The van der Waals surface area contributed by atoms with Gasteiger partial charge in [0, 0.05) is 5.56 Å². The molecule has 1 unspecified atom stereocenters. The molecule has 11 heteroatoms. The van der Waals surface area contributed by atoms with Crippen molar-refractivity contribution >= 4 is 27.8 Å². The van der Waals surface area contributed by atoms with Gasteiger partial charge < -0.3 is 14.8 Å². The van der Waals surface area contributed by atoms with Crippen molar-refractivity contribution in [3.8, 4) is 17.0 Å². The number of hydrogen-bond donors (Lipinski definition) is 1. The van der Waals surface area contributed by atoms with Gasteiger partial charge >= 0.3 is 12.3 Å². The van der Waals surface area contributed by atoms with E-state index in [0.29, 0.717) is 22.5 Å². The molecule has 0 aliphatic rings. The fourth-order valence-corrected chi connectivity index (χ4v) is 4.68. The smallest absolute Gasteiger partial charge is 0.419 e. The summed E-state index contributed by atoms with van der Waals surface area (Å²) in [5.41, 5.74) is -1.60. The van der Waals surface area contributed by atoms with Crippen molar-refractivity contribution in [2.75, 3.05) is 6.61 Å². The molecule has 196 valence electrons. The third-order valence-electron chi connectivity index (χ3n) is 5.07. The summed E-state index contributed by atoms with van der Waals surface area (Å²) in [4.78, 5) is 25.7. The number of benzene rings is 1. The molecule has 1 atom stereocenters. The molecular formula is C25H31F3N4O3S. The zero-order valence-electron chi connectivity index (χ0n) is 21.4. The Balaban J connectivity index is 1.92. The van der Waals surface area contributed by atoms with Gasteiger partial charge in [0.1, 0.15) is 40.3 Å². The highest BCUT2D eigenvalue weighted by molar-refractivity contribution is 7.18. The number of fused-ring (bicyclic) bond motifs is 1. The van der Waals surface area contributed by atoms with E-state index in [-0.39, 0.29) is 23.8 Å². The Morgan fingerprint density at radius 1 is 1.14 bits per heavy atom. The Kier molecular flexibility index (Phi) is 7.83. The van der Waals surface area contributed by atoms with Gasteiger partial charge in [0.15, 0.2) is 0 Å². The second kappa shape index (κ2) is 10.2. The van der Waals surface area contributed by atoms with Crippen LogP contribution in [0.3, 0.4) is 0 Å². The number of aryl methyl sites for hydroxylation is 1. The summed E-state index contributed by atoms with van der Waals surface area (Å²) in [5, 5.41) is 3.52. The summed E-state index contributed by atoms with van der Waals surface area (Å²) < 4.78 is 53.3. The number of thiazole rings is 1. The minimum absolute atomic E-state index is 0.139. The number of nitrogens with one attached hydrogen (secondary N) is 1. The SMILES string of the molecule is Cc1nc2c(-c3ccc(OCC(C)(CC(C)C)NC(=O)OC(C)(C)C)c(C(F)(F)F)c3)ncnc2s1. The Morgan fingerprint density at radius 2 is 1.83 bits per heavy atom. The lowest BCUT2D eigenvalue weighted by atomic mass is 9.91. The van der Waals surface area contributed by atoms with E-state index < -0.39 is 29.0 Å². The van der Waals surface area contributed by atoms with Crippen molar-refractivity contribution in [1.82, 2.24) is 20.3 Å². The fraction of sp³-hybridized carbons (Fsp3) is 0.520. The van der Waals surface area contributed by atoms with Crippen LogP contribution in [0, 0.1) is 12.8 Å². The molecule has 0 saturated carbocycles. The van der Waals surface area contributed by atoms with Gasteiger partial charge in [0.25, 0.3) is 0 Å². The number of aromatic nitrogens is 3. The third kappa shape index (κ3) is 7.05. The van der Waals surface area contributed by atoms with Crippen molar-refractivity contribution in [2.24, 2.45) is 5.92 Å². The van der Waals surface area contributed by atoms with E-state index in [1.165, 1.54) is 29.8 Å². The van der Waals surface area contributed by atoms with E-state index in [0.717, 1.165) is 11.1 Å². The Bertz CT molecular complexity index is 1240. The van der Waals surface area contributed by atoms with Crippen LogP contribution in [0.2, 0.25) is 0 Å². The van der Waals surface area contributed by atoms with E-state index in [9.17, 15) is 18.0 Å². The number of alkyl halides is 3. The fourth-order valence-electron chi connectivity index (χ4n) is 3.93. The highest BCUT2D eigenvalue weighted by Crippen LogP contribution is 2.40. The van der Waals surface area contributed by atoms with Crippen molar-refractivity contribution in [1.29, 1.82) is 0 Å². The highest BCUT2D eigenvalue weighted by atomic mass is 32.1. The van der Waals surface area contributed by atoms with E-state index >= 15 is 0 Å². The number of amides is 1. The highest BCUT2D eigenvalue weighted by Gasteiger charge is 2.37. The molecule has 0 saturated heterocycles. The predicted molar refractivity (Wildman–Crippen MR) is 133 cm³/mol. The summed E-state index contributed by atoms with van der Waals surface area (Å²) in [6, 6.07) is 3.80. The number of ether oxygens (including phenoxy) is 2. The number of nitrogens with zero attached hydrogens (tertiary/aromatic N) is 3. The van der Waals surface area contributed by atoms with Gasteiger partial charge in [-0.1, -0.05) is 25.2 Å². The maximum atomic E-state index is 14.1. The first-order valence-electron chi connectivity index (χ1n) is 11.5. The Morgan fingerprint density at radius 3 is 2.44 bits per heavy atom. The van der Waals surface area contributed by atoms with Crippen LogP contribution < -0.4 is 10.1 Å². The first kappa shape index (κ1) is 27.6. The topological polar surface area (TPSA) is 86.2 Å². The molecule has 0 aliphatic carbocycles. The van der Waals surface area contributed by atoms with Gasteiger partial charge in [0.05, 0.1) is 16.1 Å². The minimum Gasteiger partial charge on any atom is -0.491 e. The number of rotatable bonds is 7. The molecule has 0 bridgehead atoms. The van der Waals surface area contributed by atoms with Gasteiger partial charge in [-0.25, -0.2) is 19.7 Å². The van der Waals surface area contributed by atoms with E-state index in [1.54, 1.807) is 34.6 Å². The van der Waals surface area contributed by atoms with Gasteiger partial charge in [0.2, 0.25) is 0 Å². The van der Waals surface area contributed by atoms with Crippen LogP contribution in [-0.4, -0.2) is 38.8 Å². The molecule has 7 nitrogen and oxygen atoms in total. The second-order valence-corrected chi connectivity index (χ2v) is 11.6. The Labute approximate surface area is 212 Å². The summed E-state index contributed by atoms with van der Waals surface area (Å²) in [6.07, 6.45) is -3.56. The molecule has 2 heterocycles. The van der Waals surface area contributed by atoms with E-state index in [1.807, 2.05) is 13.8 Å². The quantitative estimate of drug-likeness (QED) is 0.366. The van der Waals surface area contributed by atoms with Crippen molar-refractivity contribution in [2.45, 2.75) is 72.2 Å². The maximum Gasteiger partial charge on any atom is 0.419 e. The van der Waals surface area contributed by atoms with Crippen LogP contribution in [0.25, 0.3) is 21.6 Å². The first-order valence-corrected chi connectivity index (χ1v) is 12.3. The standard InChI is InChI=1S/C25H31F3N4O3S/c1-14(2)11-24(7,32-22(33)35-23(4,5)6)12-34-18-9-8-16(10-17(18)25(26,27)28)19-20-21(30-13-29-19)36-15(3)31-20/h8-10,13-14H,11-12H2,1-7H3,(H,32,33).